The third kappa shape index (κ3) is 9.28. The van der Waals surface area contributed by atoms with Crippen LogP contribution in [0.3, 0.4) is 0 Å². The molecule has 0 aromatic heterocycles. The molecule has 0 heterocycles. The van der Waals surface area contributed by atoms with E-state index in [1.165, 1.54) is 17.8 Å². The first-order valence-corrected chi connectivity index (χ1v) is 15.5. The van der Waals surface area contributed by atoms with Crippen molar-refractivity contribution < 1.29 is 23.9 Å². The molecule has 4 aromatic rings. The van der Waals surface area contributed by atoms with Gasteiger partial charge in [0, 0.05) is 55.6 Å². The highest BCUT2D eigenvalue weighted by Gasteiger charge is 2.20. The van der Waals surface area contributed by atoms with E-state index in [9.17, 15) is 14.4 Å². The van der Waals surface area contributed by atoms with Crippen LogP contribution in [0.25, 0.3) is 6.08 Å². The van der Waals surface area contributed by atoms with Gasteiger partial charge in [-0.3, -0.25) is 14.4 Å². The minimum absolute atomic E-state index is 0.0589. The summed E-state index contributed by atoms with van der Waals surface area (Å²) in [5, 5.41) is 8.65. The number of ether oxygens (including phenoxy) is 2. The smallest absolute Gasteiger partial charge is 0.272 e. The fraction of sp³-hybridized carbons (Fsp3) is 0.147. The van der Waals surface area contributed by atoms with E-state index in [2.05, 4.69) is 16.0 Å². The van der Waals surface area contributed by atoms with E-state index in [1.54, 1.807) is 99.1 Å². The summed E-state index contributed by atoms with van der Waals surface area (Å²) >= 11 is 14.1. The molecule has 0 saturated heterocycles. The Balaban J connectivity index is 1.53. The maximum absolute atomic E-state index is 13.5. The van der Waals surface area contributed by atoms with Gasteiger partial charge in [0.1, 0.15) is 17.2 Å². The van der Waals surface area contributed by atoms with Gasteiger partial charge in [0.2, 0.25) is 5.91 Å². The van der Waals surface area contributed by atoms with Gasteiger partial charge < -0.3 is 25.4 Å². The average molecular weight is 665 g/mol. The Morgan fingerprint density at radius 1 is 0.800 bits per heavy atom. The zero-order valence-electron chi connectivity index (χ0n) is 24.7. The third-order valence-electron chi connectivity index (χ3n) is 6.47. The van der Waals surface area contributed by atoms with E-state index in [0.29, 0.717) is 50.5 Å². The van der Waals surface area contributed by atoms with Crippen LogP contribution in [0.2, 0.25) is 10.0 Å². The summed E-state index contributed by atoms with van der Waals surface area (Å²) in [7, 11) is 3.08. The second kappa shape index (κ2) is 16.0. The molecule has 3 amide bonds. The lowest BCUT2D eigenvalue weighted by Crippen LogP contribution is -2.30. The molecule has 0 aliphatic rings. The standard InChI is InChI=1S/C34H31Cl2N3O5S/c1-4-31(34(42)38-23-16-24(43-2)19-25(17-23)44-3)45-26-13-8-12-22(18-26)37-33(41)30(20-27-28(35)14-9-15-29(27)36)39-32(40)21-10-6-5-7-11-21/h5-20,31H,4H2,1-3H3,(H,37,41)(H,38,42)(H,39,40)/b30-20+. The second-order valence-electron chi connectivity index (χ2n) is 9.60. The number of hydrogen-bond acceptors (Lipinski definition) is 6. The largest absolute Gasteiger partial charge is 0.497 e. The van der Waals surface area contributed by atoms with Crippen LogP contribution in [0.15, 0.2) is 102 Å². The molecular formula is C34H31Cl2N3O5S. The molecular weight excluding hydrogens is 633 g/mol. The van der Waals surface area contributed by atoms with E-state index < -0.39 is 17.1 Å². The summed E-state index contributed by atoms with van der Waals surface area (Å²) in [5.41, 5.74) is 1.70. The number of methoxy groups -OCH3 is 2. The number of amides is 3. The lowest BCUT2D eigenvalue weighted by atomic mass is 10.1. The number of carbonyl (C=O) groups is 3. The molecule has 1 atom stereocenters. The van der Waals surface area contributed by atoms with Crippen LogP contribution in [0.4, 0.5) is 11.4 Å². The molecule has 8 nitrogen and oxygen atoms in total. The zero-order chi connectivity index (χ0) is 32.3. The van der Waals surface area contributed by atoms with Gasteiger partial charge in [-0.05, 0) is 55.0 Å². The number of halogens is 2. The Bertz CT molecular complexity index is 1670. The van der Waals surface area contributed by atoms with E-state index in [4.69, 9.17) is 32.7 Å². The maximum Gasteiger partial charge on any atom is 0.272 e. The number of anilines is 2. The lowest BCUT2D eigenvalue weighted by Gasteiger charge is -2.17. The molecule has 0 aliphatic heterocycles. The van der Waals surface area contributed by atoms with Crippen LogP contribution in [0.5, 0.6) is 11.5 Å². The van der Waals surface area contributed by atoms with Crippen molar-refractivity contribution in [2.45, 2.75) is 23.5 Å². The lowest BCUT2D eigenvalue weighted by molar-refractivity contribution is -0.116. The van der Waals surface area contributed by atoms with Crippen molar-refractivity contribution in [2.75, 3.05) is 24.9 Å². The van der Waals surface area contributed by atoms with E-state index in [-0.39, 0.29) is 11.6 Å². The molecule has 45 heavy (non-hydrogen) atoms. The molecule has 4 rings (SSSR count). The number of carbonyl (C=O) groups excluding carboxylic acids is 3. The van der Waals surface area contributed by atoms with Gasteiger partial charge in [-0.15, -0.1) is 11.8 Å². The van der Waals surface area contributed by atoms with Crippen molar-refractivity contribution in [1.29, 1.82) is 0 Å². The van der Waals surface area contributed by atoms with E-state index >= 15 is 0 Å². The molecule has 232 valence electrons. The Morgan fingerprint density at radius 3 is 2.07 bits per heavy atom. The van der Waals surface area contributed by atoms with Gasteiger partial charge in [0.25, 0.3) is 11.8 Å². The average Bonchev–Trinajstić information content (AvgIpc) is 3.04. The van der Waals surface area contributed by atoms with Gasteiger partial charge in [0.15, 0.2) is 0 Å². The first-order valence-electron chi connectivity index (χ1n) is 13.8. The van der Waals surface area contributed by atoms with Crippen LogP contribution >= 0.6 is 35.0 Å². The summed E-state index contributed by atoms with van der Waals surface area (Å²) < 4.78 is 10.6. The van der Waals surface area contributed by atoms with Gasteiger partial charge in [-0.1, -0.05) is 60.5 Å². The van der Waals surface area contributed by atoms with Gasteiger partial charge in [-0.2, -0.15) is 0 Å². The fourth-order valence-corrected chi connectivity index (χ4v) is 5.69. The number of thioether (sulfide) groups is 1. The minimum atomic E-state index is -0.589. The molecule has 0 fully saturated rings. The van der Waals surface area contributed by atoms with Gasteiger partial charge in [0.05, 0.1) is 19.5 Å². The fourth-order valence-electron chi connectivity index (χ4n) is 4.17. The first-order chi connectivity index (χ1) is 21.7. The molecule has 3 N–H and O–H groups in total. The SMILES string of the molecule is CCC(Sc1cccc(NC(=O)/C(=C\c2c(Cl)cccc2Cl)NC(=O)c2ccccc2)c1)C(=O)Nc1cc(OC)cc(OC)c1. The van der Waals surface area contributed by atoms with Crippen LogP contribution in [-0.4, -0.2) is 37.2 Å². The molecule has 0 spiro atoms. The molecule has 11 heteroatoms. The van der Waals surface area contributed by atoms with Crippen LogP contribution in [0.1, 0.15) is 29.3 Å². The predicted molar refractivity (Wildman–Crippen MR) is 182 cm³/mol. The highest BCUT2D eigenvalue weighted by Crippen LogP contribution is 2.31. The zero-order valence-corrected chi connectivity index (χ0v) is 27.1. The van der Waals surface area contributed by atoms with Crippen molar-refractivity contribution >= 4 is 70.1 Å². The van der Waals surface area contributed by atoms with Crippen molar-refractivity contribution in [3.05, 3.63) is 118 Å². The second-order valence-corrected chi connectivity index (χ2v) is 11.7. The monoisotopic (exact) mass is 663 g/mol. The highest BCUT2D eigenvalue weighted by molar-refractivity contribution is 8.00. The maximum atomic E-state index is 13.5. The molecule has 0 aliphatic carbocycles. The Hall–Kier alpha value is -4.44. The summed E-state index contributed by atoms with van der Waals surface area (Å²) in [6, 6.07) is 25.7. The highest BCUT2D eigenvalue weighted by atomic mass is 35.5. The molecule has 0 bridgehead atoms. The minimum Gasteiger partial charge on any atom is -0.497 e. The molecule has 0 saturated carbocycles. The molecule has 0 radical (unpaired) electrons. The van der Waals surface area contributed by atoms with Crippen molar-refractivity contribution in [3.63, 3.8) is 0 Å². The molecule has 1 unspecified atom stereocenters. The first kappa shape index (κ1) is 33.5. The predicted octanol–water partition coefficient (Wildman–Crippen LogP) is 7.93. The normalized spacial score (nSPS) is 11.7. The number of rotatable bonds is 12. The van der Waals surface area contributed by atoms with Gasteiger partial charge in [-0.25, -0.2) is 0 Å². The Labute approximate surface area is 276 Å². The molecule has 4 aromatic carbocycles. The Kier molecular flexibility index (Phi) is 11.9. The Morgan fingerprint density at radius 2 is 1.44 bits per heavy atom. The quantitative estimate of drug-likeness (QED) is 0.105. The summed E-state index contributed by atoms with van der Waals surface area (Å²) in [5.74, 6) is -0.153. The topological polar surface area (TPSA) is 106 Å². The van der Waals surface area contributed by atoms with Crippen LogP contribution < -0.4 is 25.4 Å². The van der Waals surface area contributed by atoms with Crippen molar-refractivity contribution in [2.24, 2.45) is 0 Å². The van der Waals surface area contributed by atoms with Crippen LogP contribution in [-0.2, 0) is 9.59 Å². The van der Waals surface area contributed by atoms with Crippen LogP contribution in [0, 0.1) is 0 Å². The number of hydrogen-bond donors (Lipinski definition) is 3. The number of nitrogens with one attached hydrogen (secondary N) is 3. The summed E-state index contributed by atoms with van der Waals surface area (Å²) in [6.45, 7) is 1.92. The van der Waals surface area contributed by atoms with Crippen molar-refractivity contribution in [3.8, 4) is 11.5 Å². The summed E-state index contributed by atoms with van der Waals surface area (Å²) in [6.07, 6.45) is 1.98. The van der Waals surface area contributed by atoms with E-state index in [0.717, 1.165) is 4.90 Å². The van der Waals surface area contributed by atoms with E-state index in [1.807, 2.05) is 13.0 Å². The summed E-state index contributed by atoms with van der Waals surface area (Å²) in [4.78, 5) is 40.5. The van der Waals surface area contributed by atoms with Crippen molar-refractivity contribution in [1.82, 2.24) is 5.32 Å². The van der Waals surface area contributed by atoms with Gasteiger partial charge >= 0.3 is 0 Å². The third-order valence-corrected chi connectivity index (χ3v) is 8.49. The number of benzene rings is 4.